The first-order valence-corrected chi connectivity index (χ1v) is 12.6. The van der Waals surface area contributed by atoms with Crippen molar-refractivity contribution in [2.75, 3.05) is 0 Å². The molecule has 2 rings (SSSR count). The Labute approximate surface area is 157 Å². The third-order valence-corrected chi connectivity index (χ3v) is 4.64. The summed E-state index contributed by atoms with van der Waals surface area (Å²) in [5.74, 6) is 9.22. The van der Waals surface area contributed by atoms with Crippen molar-refractivity contribution in [3.05, 3.63) is 47.8 Å². The normalized spacial score (nSPS) is 13.1. The van der Waals surface area contributed by atoms with E-state index in [1.165, 1.54) is 5.56 Å². The minimum absolute atomic E-state index is 0.164. The maximum atomic E-state index is 10.1. The highest BCUT2D eigenvalue weighted by molar-refractivity contribution is 6.83. The largest absolute Gasteiger partial charge is 0.387 e. The molecule has 0 spiro atoms. The Morgan fingerprint density at radius 3 is 2.54 bits per heavy atom. The maximum Gasteiger partial charge on any atom is 0.130 e. The molecule has 0 fully saturated rings. The highest BCUT2D eigenvalue weighted by Crippen LogP contribution is 2.18. The summed E-state index contributed by atoms with van der Waals surface area (Å²) in [6.07, 6.45) is 3.51. The van der Waals surface area contributed by atoms with Crippen LogP contribution in [0.2, 0.25) is 19.6 Å². The van der Waals surface area contributed by atoms with Crippen LogP contribution in [-0.2, 0) is 6.42 Å². The van der Waals surface area contributed by atoms with Crippen molar-refractivity contribution in [3.8, 4) is 23.3 Å². The molecule has 1 aromatic carbocycles. The van der Waals surface area contributed by atoms with E-state index in [0.29, 0.717) is 12.1 Å². The zero-order valence-electron chi connectivity index (χ0n) is 16.0. The lowest BCUT2D eigenvalue weighted by molar-refractivity contribution is 0.161. The first kappa shape index (κ1) is 20.0. The van der Waals surface area contributed by atoms with Gasteiger partial charge in [-0.3, -0.25) is 0 Å². The molecule has 1 aromatic heterocycles. The number of aromatic nitrogens is 3. The Morgan fingerprint density at radius 2 is 1.88 bits per heavy atom. The standard InChI is InChI=1S/C21H27N3OSi/c1-5-11-21(25)20-17-24(23-22-20)19(14-9-10-15-26(2,3)4)16-18-12-7-6-8-13-18/h6-8,12-13,17,19,21,25H,5,11,16H2,1-4H3. The molecule has 2 aromatic rings. The Kier molecular flexibility index (Phi) is 7.21. The van der Waals surface area contributed by atoms with Crippen LogP contribution in [0, 0.1) is 23.3 Å². The number of aliphatic hydroxyl groups is 1. The molecule has 1 N–H and O–H groups in total. The molecule has 0 saturated heterocycles. The van der Waals surface area contributed by atoms with Crippen molar-refractivity contribution in [2.24, 2.45) is 0 Å². The summed E-state index contributed by atoms with van der Waals surface area (Å²) in [6.45, 7) is 8.63. The van der Waals surface area contributed by atoms with E-state index in [1.54, 1.807) is 10.9 Å². The van der Waals surface area contributed by atoms with Gasteiger partial charge in [0.2, 0.25) is 0 Å². The maximum absolute atomic E-state index is 10.1. The minimum atomic E-state index is -1.43. The van der Waals surface area contributed by atoms with E-state index in [0.717, 1.165) is 12.8 Å². The van der Waals surface area contributed by atoms with Gasteiger partial charge >= 0.3 is 0 Å². The highest BCUT2D eigenvalue weighted by atomic mass is 28.3. The van der Waals surface area contributed by atoms with Crippen molar-refractivity contribution < 1.29 is 5.11 Å². The molecule has 0 aliphatic heterocycles. The van der Waals surface area contributed by atoms with Gasteiger partial charge in [-0.1, -0.05) is 74.5 Å². The van der Waals surface area contributed by atoms with Gasteiger partial charge in [0, 0.05) is 6.42 Å². The predicted molar refractivity (Wildman–Crippen MR) is 108 cm³/mol. The Morgan fingerprint density at radius 1 is 1.15 bits per heavy atom. The Balaban J connectivity index is 2.25. The summed E-state index contributed by atoms with van der Waals surface area (Å²) in [5, 5.41) is 18.5. The molecule has 0 bridgehead atoms. The van der Waals surface area contributed by atoms with Crippen LogP contribution < -0.4 is 0 Å². The van der Waals surface area contributed by atoms with Crippen LogP contribution in [0.5, 0.6) is 0 Å². The van der Waals surface area contributed by atoms with Gasteiger partial charge in [-0.05, 0) is 23.8 Å². The molecule has 136 valence electrons. The molecule has 4 nitrogen and oxygen atoms in total. The summed E-state index contributed by atoms with van der Waals surface area (Å²) in [5.41, 5.74) is 5.04. The molecule has 0 saturated carbocycles. The van der Waals surface area contributed by atoms with E-state index >= 15 is 0 Å². The summed E-state index contributed by atoms with van der Waals surface area (Å²) >= 11 is 0. The Bertz CT molecular complexity index is 816. The number of nitrogens with zero attached hydrogens (tertiary/aromatic N) is 3. The van der Waals surface area contributed by atoms with Gasteiger partial charge in [0.25, 0.3) is 0 Å². The quantitative estimate of drug-likeness (QED) is 0.626. The number of rotatable bonds is 6. The zero-order chi connectivity index (χ0) is 19.0. The van der Waals surface area contributed by atoms with E-state index in [9.17, 15) is 5.11 Å². The summed E-state index contributed by atoms with van der Waals surface area (Å²) in [4.78, 5) is 0. The van der Waals surface area contributed by atoms with Gasteiger partial charge in [-0.25, -0.2) is 4.68 Å². The number of aliphatic hydroxyl groups excluding tert-OH is 1. The van der Waals surface area contributed by atoms with Gasteiger partial charge in [-0.15, -0.1) is 10.6 Å². The molecule has 0 radical (unpaired) electrons. The Hall–Kier alpha value is -2.34. The molecule has 26 heavy (non-hydrogen) atoms. The number of benzene rings is 1. The van der Waals surface area contributed by atoms with Crippen molar-refractivity contribution in [1.82, 2.24) is 15.0 Å². The summed E-state index contributed by atoms with van der Waals surface area (Å²) in [7, 11) is -1.43. The fraction of sp³-hybridized carbons (Fsp3) is 0.429. The van der Waals surface area contributed by atoms with E-state index in [1.807, 2.05) is 25.1 Å². The fourth-order valence-electron chi connectivity index (χ4n) is 2.40. The van der Waals surface area contributed by atoms with Crippen molar-refractivity contribution in [1.29, 1.82) is 0 Å². The van der Waals surface area contributed by atoms with E-state index in [4.69, 9.17) is 0 Å². The molecular weight excluding hydrogens is 338 g/mol. The molecular formula is C21H27N3OSi. The van der Waals surface area contributed by atoms with Crippen molar-refractivity contribution in [3.63, 3.8) is 0 Å². The van der Waals surface area contributed by atoms with E-state index < -0.39 is 14.2 Å². The number of hydrogen-bond donors (Lipinski definition) is 1. The average Bonchev–Trinajstić information content (AvgIpc) is 3.08. The van der Waals surface area contributed by atoms with Crippen LogP contribution in [-0.4, -0.2) is 28.2 Å². The molecule has 2 atom stereocenters. The van der Waals surface area contributed by atoms with Crippen LogP contribution in [0.4, 0.5) is 0 Å². The predicted octanol–water partition coefficient (Wildman–Crippen LogP) is 3.78. The van der Waals surface area contributed by atoms with Gasteiger partial charge < -0.3 is 5.11 Å². The highest BCUT2D eigenvalue weighted by Gasteiger charge is 2.16. The van der Waals surface area contributed by atoms with E-state index in [-0.39, 0.29) is 6.04 Å². The molecule has 1 heterocycles. The van der Waals surface area contributed by atoms with Gasteiger partial charge in [0.05, 0.1) is 12.3 Å². The molecule has 0 amide bonds. The lowest BCUT2D eigenvalue weighted by Gasteiger charge is -2.10. The van der Waals surface area contributed by atoms with Crippen LogP contribution in [0.1, 0.15) is 43.2 Å². The zero-order valence-corrected chi connectivity index (χ0v) is 17.0. The van der Waals surface area contributed by atoms with Gasteiger partial charge in [0.15, 0.2) is 0 Å². The first-order valence-electron chi connectivity index (χ1n) is 9.05. The van der Waals surface area contributed by atoms with E-state index in [2.05, 4.69) is 65.4 Å². The lowest BCUT2D eigenvalue weighted by Crippen LogP contribution is -2.16. The van der Waals surface area contributed by atoms with Gasteiger partial charge in [-0.2, -0.15) is 0 Å². The third kappa shape index (κ3) is 6.52. The van der Waals surface area contributed by atoms with Crippen LogP contribution >= 0.6 is 0 Å². The summed E-state index contributed by atoms with van der Waals surface area (Å²) in [6, 6.07) is 10.0. The molecule has 5 heteroatoms. The van der Waals surface area contributed by atoms with Crippen LogP contribution in [0.15, 0.2) is 36.5 Å². The molecule has 2 unspecified atom stereocenters. The second-order valence-electron chi connectivity index (χ2n) is 7.40. The smallest absolute Gasteiger partial charge is 0.130 e. The third-order valence-electron chi connectivity index (χ3n) is 3.76. The molecule has 0 aliphatic carbocycles. The topological polar surface area (TPSA) is 50.9 Å². The minimum Gasteiger partial charge on any atom is -0.387 e. The lowest BCUT2D eigenvalue weighted by atomic mass is 10.1. The van der Waals surface area contributed by atoms with Crippen molar-refractivity contribution >= 4 is 8.07 Å². The average molecular weight is 366 g/mol. The summed E-state index contributed by atoms with van der Waals surface area (Å²) < 4.78 is 1.74. The number of hydrogen-bond acceptors (Lipinski definition) is 3. The SMILES string of the molecule is CCCC(O)c1cn(C(C#CC#C[Si](C)(C)C)Cc2ccccc2)nn1. The fourth-order valence-corrected chi connectivity index (χ4v) is 2.84. The van der Waals surface area contributed by atoms with Gasteiger partial charge in [0.1, 0.15) is 19.8 Å². The van der Waals surface area contributed by atoms with Crippen LogP contribution in [0.25, 0.3) is 0 Å². The second kappa shape index (κ2) is 9.38. The molecule has 0 aliphatic rings. The van der Waals surface area contributed by atoms with Crippen molar-refractivity contribution in [2.45, 2.75) is 58.0 Å². The monoisotopic (exact) mass is 365 g/mol. The first-order chi connectivity index (χ1) is 12.4. The van der Waals surface area contributed by atoms with Crippen LogP contribution in [0.3, 0.4) is 0 Å². The second-order valence-corrected chi connectivity index (χ2v) is 12.2.